The van der Waals surface area contributed by atoms with Gasteiger partial charge in [-0.2, -0.15) is 18.4 Å². The third kappa shape index (κ3) is 4.11. The number of sulfone groups is 1. The highest BCUT2D eigenvalue weighted by Gasteiger charge is 2.34. The Balaban J connectivity index is 3.01. The van der Waals surface area contributed by atoms with Crippen LogP contribution in [0.4, 0.5) is 18.9 Å². The highest BCUT2D eigenvalue weighted by atomic mass is 32.2. The van der Waals surface area contributed by atoms with E-state index >= 15 is 0 Å². The summed E-state index contributed by atoms with van der Waals surface area (Å²) in [5.41, 5.74) is -1.26. The molecule has 0 saturated carbocycles. The fourth-order valence-corrected chi connectivity index (χ4v) is 1.77. The highest BCUT2D eigenvalue weighted by Crippen LogP contribution is 2.33. The molecule has 0 spiro atoms. The Labute approximate surface area is 121 Å². The fraction of sp³-hybridized carbons (Fsp3) is 0.462. The third-order valence-electron chi connectivity index (χ3n) is 3.17. The molecule has 4 nitrogen and oxygen atoms in total. The van der Waals surface area contributed by atoms with Gasteiger partial charge in [0, 0.05) is 18.5 Å². The van der Waals surface area contributed by atoms with Crippen LogP contribution in [0.15, 0.2) is 18.2 Å². The van der Waals surface area contributed by atoms with Gasteiger partial charge in [0.05, 0.1) is 21.9 Å². The molecule has 0 aliphatic rings. The minimum Gasteiger partial charge on any atom is -0.383 e. The maximum atomic E-state index is 12.6. The molecule has 21 heavy (non-hydrogen) atoms. The van der Waals surface area contributed by atoms with E-state index in [4.69, 9.17) is 5.26 Å². The van der Waals surface area contributed by atoms with Crippen molar-refractivity contribution in [3.63, 3.8) is 0 Å². The van der Waals surface area contributed by atoms with Gasteiger partial charge in [0.1, 0.15) is 0 Å². The molecule has 1 aromatic carbocycles. The summed E-state index contributed by atoms with van der Waals surface area (Å²) >= 11 is 0. The van der Waals surface area contributed by atoms with Crippen LogP contribution >= 0.6 is 0 Å². The SMILES string of the molecule is CC(C)(CNc1ccc(C(F)(F)F)c(C#N)c1)S(C)(=O)=O. The zero-order valence-corrected chi connectivity index (χ0v) is 12.6. The van der Waals surface area contributed by atoms with Crippen LogP contribution in [0.25, 0.3) is 0 Å². The lowest BCUT2D eigenvalue weighted by atomic mass is 10.1. The lowest BCUT2D eigenvalue weighted by Gasteiger charge is -2.23. The molecule has 0 fully saturated rings. The smallest absolute Gasteiger partial charge is 0.383 e. The van der Waals surface area contributed by atoms with Crippen molar-refractivity contribution in [1.82, 2.24) is 0 Å². The third-order valence-corrected chi connectivity index (χ3v) is 5.32. The summed E-state index contributed by atoms with van der Waals surface area (Å²) in [6.07, 6.45) is -3.52. The molecular weight excluding hydrogens is 305 g/mol. The Morgan fingerprint density at radius 2 is 1.86 bits per heavy atom. The Kier molecular flexibility index (Phi) is 4.58. The normalized spacial score (nSPS) is 12.8. The quantitative estimate of drug-likeness (QED) is 0.926. The lowest BCUT2D eigenvalue weighted by molar-refractivity contribution is -0.137. The topological polar surface area (TPSA) is 70.0 Å². The average Bonchev–Trinajstić information content (AvgIpc) is 2.33. The van der Waals surface area contributed by atoms with E-state index in [1.165, 1.54) is 26.0 Å². The maximum absolute atomic E-state index is 12.6. The average molecular weight is 320 g/mol. The minimum atomic E-state index is -4.60. The number of benzene rings is 1. The van der Waals surface area contributed by atoms with Crippen molar-refractivity contribution in [3.8, 4) is 6.07 Å². The number of nitrogens with zero attached hydrogens (tertiary/aromatic N) is 1. The second-order valence-corrected chi connectivity index (χ2v) is 7.90. The van der Waals surface area contributed by atoms with Crippen molar-refractivity contribution in [1.29, 1.82) is 5.26 Å². The molecule has 0 bridgehead atoms. The second-order valence-electron chi connectivity index (χ2n) is 5.26. The van der Waals surface area contributed by atoms with Gasteiger partial charge < -0.3 is 5.32 Å². The molecule has 0 amide bonds. The Morgan fingerprint density at radius 1 is 1.29 bits per heavy atom. The molecular formula is C13H15F3N2O2S. The van der Waals surface area contributed by atoms with E-state index in [0.717, 1.165) is 18.4 Å². The number of anilines is 1. The van der Waals surface area contributed by atoms with E-state index in [0.29, 0.717) is 0 Å². The van der Waals surface area contributed by atoms with Crippen LogP contribution < -0.4 is 5.32 Å². The first kappa shape index (κ1) is 17.3. The number of nitrogens with one attached hydrogen (secondary N) is 1. The monoisotopic (exact) mass is 320 g/mol. The van der Waals surface area contributed by atoms with Crippen molar-refractivity contribution in [2.75, 3.05) is 18.1 Å². The summed E-state index contributed by atoms with van der Waals surface area (Å²) in [5.74, 6) is 0. The predicted octanol–water partition coefficient (Wildman–Crippen LogP) is 2.81. The number of hydrogen-bond acceptors (Lipinski definition) is 4. The minimum absolute atomic E-state index is 0.0159. The summed E-state index contributed by atoms with van der Waals surface area (Å²) in [4.78, 5) is 0. The van der Waals surface area contributed by atoms with Gasteiger partial charge in [-0.25, -0.2) is 8.42 Å². The van der Waals surface area contributed by atoms with Gasteiger partial charge in [-0.05, 0) is 32.0 Å². The lowest BCUT2D eigenvalue weighted by Crippen LogP contribution is -2.38. The van der Waals surface area contributed by atoms with E-state index in [1.807, 2.05) is 0 Å². The van der Waals surface area contributed by atoms with Crippen molar-refractivity contribution in [3.05, 3.63) is 29.3 Å². The van der Waals surface area contributed by atoms with Crippen molar-refractivity contribution in [2.45, 2.75) is 24.8 Å². The van der Waals surface area contributed by atoms with E-state index in [9.17, 15) is 21.6 Å². The Morgan fingerprint density at radius 3 is 2.29 bits per heavy atom. The van der Waals surface area contributed by atoms with Gasteiger partial charge in [0.25, 0.3) is 0 Å². The van der Waals surface area contributed by atoms with Crippen LogP contribution in [0.1, 0.15) is 25.0 Å². The van der Waals surface area contributed by atoms with Gasteiger partial charge in [0.2, 0.25) is 0 Å². The molecule has 116 valence electrons. The van der Waals surface area contributed by atoms with Gasteiger partial charge >= 0.3 is 6.18 Å². The zero-order valence-electron chi connectivity index (χ0n) is 11.7. The highest BCUT2D eigenvalue weighted by molar-refractivity contribution is 7.92. The standard InChI is InChI=1S/C13H15F3N2O2S/c1-12(2,21(3,19)20)8-18-10-4-5-11(13(14,15)16)9(6-10)7-17/h4-6,18H,8H2,1-3H3. The van der Waals surface area contributed by atoms with Crippen LogP contribution in [0.2, 0.25) is 0 Å². The summed E-state index contributed by atoms with van der Waals surface area (Å²) in [6, 6.07) is 4.52. The Bertz CT molecular complexity index is 674. The Hall–Kier alpha value is -1.75. The first-order valence-corrected chi connectivity index (χ1v) is 7.82. The van der Waals surface area contributed by atoms with E-state index in [2.05, 4.69) is 5.32 Å². The van der Waals surface area contributed by atoms with Gasteiger partial charge in [0.15, 0.2) is 9.84 Å². The molecule has 1 rings (SSSR count). The molecule has 1 aromatic rings. The van der Waals surface area contributed by atoms with Crippen LogP contribution in [-0.4, -0.2) is 26.0 Å². The molecule has 0 radical (unpaired) electrons. The van der Waals surface area contributed by atoms with Gasteiger partial charge in [-0.15, -0.1) is 0 Å². The number of alkyl halides is 3. The molecule has 0 unspecified atom stereocenters. The van der Waals surface area contributed by atoms with Gasteiger partial charge in [-0.3, -0.25) is 0 Å². The predicted molar refractivity (Wildman–Crippen MR) is 73.6 cm³/mol. The summed E-state index contributed by atoms with van der Waals surface area (Å²) < 4.78 is 59.9. The maximum Gasteiger partial charge on any atom is 0.417 e. The number of hydrogen-bond donors (Lipinski definition) is 1. The summed E-state index contributed by atoms with van der Waals surface area (Å²) in [5, 5.41) is 11.5. The largest absolute Gasteiger partial charge is 0.417 e. The van der Waals surface area contributed by atoms with Crippen LogP contribution in [0.5, 0.6) is 0 Å². The summed E-state index contributed by atoms with van der Waals surface area (Å²) in [6.45, 7) is 3.03. The molecule has 8 heteroatoms. The van der Waals surface area contributed by atoms with Gasteiger partial charge in [-0.1, -0.05) is 0 Å². The number of rotatable bonds is 4. The van der Waals surface area contributed by atoms with E-state index in [-0.39, 0.29) is 12.2 Å². The van der Waals surface area contributed by atoms with Crippen molar-refractivity contribution < 1.29 is 21.6 Å². The number of halogens is 3. The van der Waals surface area contributed by atoms with Crippen molar-refractivity contribution in [2.24, 2.45) is 0 Å². The second kappa shape index (κ2) is 5.56. The van der Waals surface area contributed by atoms with Crippen LogP contribution in [-0.2, 0) is 16.0 Å². The first-order chi connectivity index (χ1) is 9.38. The van der Waals surface area contributed by atoms with E-state index < -0.39 is 31.9 Å². The molecule has 1 N–H and O–H groups in total. The van der Waals surface area contributed by atoms with Crippen molar-refractivity contribution >= 4 is 15.5 Å². The van der Waals surface area contributed by atoms with Crippen LogP contribution in [0, 0.1) is 11.3 Å². The molecule has 0 saturated heterocycles. The first-order valence-electron chi connectivity index (χ1n) is 5.93. The molecule has 0 aliphatic heterocycles. The molecule has 0 aromatic heterocycles. The molecule has 0 heterocycles. The zero-order chi connectivity index (χ0) is 16.5. The summed E-state index contributed by atoms with van der Waals surface area (Å²) in [7, 11) is -3.33. The molecule has 0 aliphatic carbocycles. The van der Waals surface area contributed by atoms with Crippen LogP contribution in [0.3, 0.4) is 0 Å². The molecule has 0 atom stereocenters. The fourth-order valence-electron chi connectivity index (χ4n) is 1.44. The number of nitriles is 1. The van der Waals surface area contributed by atoms with E-state index in [1.54, 1.807) is 0 Å².